The van der Waals surface area contributed by atoms with Crippen LogP contribution in [0.4, 0.5) is 0 Å². The molecular weight excluding hydrogens is 396 g/mol. The van der Waals surface area contributed by atoms with Crippen molar-refractivity contribution in [3.8, 4) is 5.75 Å². The number of ether oxygens (including phenoxy) is 1. The van der Waals surface area contributed by atoms with E-state index in [0.717, 1.165) is 42.7 Å². The lowest BCUT2D eigenvalue weighted by Gasteiger charge is -2.17. The van der Waals surface area contributed by atoms with Crippen LogP contribution >= 0.6 is 0 Å². The fourth-order valence-corrected chi connectivity index (χ4v) is 5.63. The van der Waals surface area contributed by atoms with Crippen LogP contribution in [0.5, 0.6) is 5.75 Å². The average Bonchev–Trinajstić information content (AvgIpc) is 3.14. The molecular formula is C24H28N2O3S. The molecule has 0 spiro atoms. The lowest BCUT2D eigenvalue weighted by atomic mass is 10.1. The summed E-state index contributed by atoms with van der Waals surface area (Å²) in [4.78, 5) is 6.97. The number of fused-ring (bicyclic) bond motifs is 1. The summed E-state index contributed by atoms with van der Waals surface area (Å²) in [5.74, 6) is 1.19. The van der Waals surface area contributed by atoms with E-state index in [0.29, 0.717) is 4.90 Å². The summed E-state index contributed by atoms with van der Waals surface area (Å²) in [5, 5.41) is 0.858. The fourth-order valence-electron chi connectivity index (χ4n) is 4.02. The van der Waals surface area contributed by atoms with Gasteiger partial charge in [0.25, 0.3) is 0 Å². The SMILES string of the molecule is CC(C)Oc1ccc(CN2CC[C@@H](CS(=O)(=O)c3cnc4ccccc4c3)C2)cc1. The maximum atomic E-state index is 12.9. The first-order chi connectivity index (χ1) is 14.4. The quantitative estimate of drug-likeness (QED) is 0.565. The summed E-state index contributed by atoms with van der Waals surface area (Å²) >= 11 is 0. The summed E-state index contributed by atoms with van der Waals surface area (Å²) in [6, 6.07) is 17.5. The molecule has 4 rings (SSSR count). The molecule has 1 aromatic heterocycles. The highest BCUT2D eigenvalue weighted by atomic mass is 32.2. The van der Waals surface area contributed by atoms with Crippen molar-refractivity contribution < 1.29 is 13.2 Å². The number of nitrogens with zero attached hydrogens (tertiary/aromatic N) is 2. The van der Waals surface area contributed by atoms with Gasteiger partial charge >= 0.3 is 0 Å². The Hall–Kier alpha value is -2.44. The minimum atomic E-state index is -3.35. The molecule has 5 nitrogen and oxygen atoms in total. The molecule has 0 aliphatic carbocycles. The second-order valence-corrected chi connectivity index (χ2v) is 10.4. The third kappa shape index (κ3) is 4.99. The number of pyridine rings is 1. The lowest BCUT2D eigenvalue weighted by Crippen LogP contribution is -2.23. The van der Waals surface area contributed by atoms with Crippen molar-refractivity contribution >= 4 is 20.7 Å². The van der Waals surface area contributed by atoms with Gasteiger partial charge in [-0.1, -0.05) is 30.3 Å². The number of likely N-dealkylation sites (tertiary alicyclic amines) is 1. The van der Waals surface area contributed by atoms with Gasteiger partial charge in [-0.25, -0.2) is 8.42 Å². The third-order valence-corrected chi connectivity index (χ3v) is 7.30. The standard InChI is InChI=1S/C24H28N2O3S/c1-18(2)29-22-9-7-19(8-10-22)15-26-12-11-20(16-26)17-30(27,28)23-13-21-5-3-4-6-24(21)25-14-23/h3-10,13-14,18,20H,11-12,15-17H2,1-2H3/t20-/m1/s1. The molecule has 158 valence electrons. The molecule has 2 heterocycles. The van der Waals surface area contributed by atoms with E-state index in [-0.39, 0.29) is 17.8 Å². The molecule has 6 heteroatoms. The summed E-state index contributed by atoms with van der Waals surface area (Å²) in [7, 11) is -3.35. The zero-order chi connectivity index (χ0) is 21.1. The van der Waals surface area contributed by atoms with E-state index in [9.17, 15) is 8.42 Å². The molecule has 0 amide bonds. The molecule has 1 saturated heterocycles. The van der Waals surface area contributed by atoms with Crippen molar-refractivity contribution in [2.24, 2.45) is 5.92 Å². The van der Waals surface area contributed by atoms with Crippen LogP contribution in [0, 0.1) is 5.92 Å². The highest BCUT2D eigenvalue weighted by Crippen LogP contribution is 2.25. The Morgan fingerprint density at radius 2 is 1.90 bits per heavy atom. The second-order valence-electron chi connectivity index (χ2n) is 8.35. The van der Waals surface area contributed by atoms with Crippen LogP contribution in [-0.2, 0) is 16.4 Å². The van der Waals surface area contributed by atoms with E-state index < -0.39 is 9.84 Å². The Balaban J connectivity index is 1.36. The van der Waals surface area contributed by atoms with Gasteiger partial charge in [-0.3, -0.25) is 9.88 Å². The lowest BCUT2D eigenvalue weighted by molar-refractivity contribution is 0.242. The molecule has 1 aliphatic heterocycles. The molecule has 30 heavy (non-hydrogen) atoms. The van der Waals surface area contributed by atoms with E-state index in [2.05, 4.69) is 22.0 Å². The van der Waals surface area contributed by atoms with E-state index >= 15 is 0 Å². The molecule has 2 aromatic carbocycles. The molecule has 3 aromatic rings. The first-order valence-electron chi connectivity index (χ1n) is 10.4. The Morgan fingerprint density at radius 3 is 2.67 bits per heavy atom. The van der Waals surface area contributed by atoms with Gasteiger partial charge in [0.2, 0.25) is 0 Å². The second kappa shape index (κ2) is 8.74. The fraction of sp³-hybridized carbons (Fsp3) is 0.375. The maximum Gasteiger partial charge on any atom is 0.180 e. The number of aromatic nitrogens is 1. The Bertz CT molecular complexity index is 1110. The number of rotatable bonds is 7. The zero-order valence-corrected chi connectivity index (χ0v) is 18.3. The van der Waals surface area contributed by atoms with Crippen LogP contribution in [0.1, 0.15) is 25.8 Å². The van der Waals surface area contributed by atoms with E-state index in [1.807, 2.05) is 50.2 Å². The summed E-state index contributed by atoms with van der Waals surface area (Å²) < 4.78 is 31.6. The Kier molecular flexibility index (Phi) is 6.06. The predicted molar refractivity (Wildman–Crippen MR) is 119 cm³/mol. The van der Waals surface area contributed by atoms with Crippen LogP contribution in [0.15, 0.2) is 65.7 Å². The van der Waals surface area contributed by atoms with Crippen molar-refractivity contribution in [1.82, 2.24) is 9.88 Å². The number of hydrogen-bond donors (Lipinski definition) is 0. The summed E-state index contributed by atoms with van der Waals surface area (Å²) in [5.41, 5.74) is 2.03. The van der Waals surface area contributed by atoms with E-state index in [1.54, 1.807) is 6.07 Å². The van der Waals surface area contributed by atoms with E-state index in [4.69, 9.17) is 4.74 Å². The Labute approximate surface area is 178 Å². The molecule has 1 fully saturated rings. The number of para-hydroxylation sites is 1. The number of sulfone groups is 1. The first kappa shape index (κ1) is 20.8. The van der Waals surface area contributed by atoms with Crippen molar-refractivity contribution in [2.45, 2.75) is 37.8 Å². The van der Waals surface area contributed by atoms with Crippen molar-refractivity contribution in [3.63, 3.8) is 0 Å². The largest absolute Gasteiger partial charge is 0.491 e. The molecule has 1 aliphatic rings. The van der Waals surface area contributed by atoms with E-state index in [1.165, 1.54) is 11.8 Å². The highest BCUT2D eigenvalue weighted by Gasteiger charge is 2.28. The molecule has 0 bridgehead atoms. The number of hydrogen-bond acceptors (Lipinski definition) is 5. The van der Waals surface area contributed by atoms with Crippen molar-refractivity contribution in [2.75, 3.05) is 18.8 Å². The first-order valence-corrected chi connectivity index (χ1v) is 12.1. The van der Waals surface area contributed by atoms with Crippen molar-refractivity contribution in [3.05, 3.63) is 66.4 Å². The normalized spacial score (nSPS) is 17.6. The van der Waals surface area contributed by atoms with Gasteiger partial charge in [0.05, 0.1) is 22.3 Å². The Morgan fingerprint density at radius 1 is 1.13 bits per heavy atom. The van der Waals surface area contributed by atoms with Crippen LogP contribution in [0.3, 0.4) is 0 Å². The molecule has 0 radical (unpaired) electrons. The maximum absolute atomic E-state index is 12.9. The minimum absolute atomic E-state index is 0.144. The van der Waals surface area contributed by atoms with Gasteiger partial charge < -0.3 is 4.74 Å². The average molecular weight is 425 g/mol. The molecule has 1 atom stereocenters. The van der Waals surface area contributed by atoms with Gasteiger partial charge in [-0.15, -0.1) is 0 Å². The highest BCUT2D eigenvalue weighted by molar-refractivity contribution is 7.91. The van der Waals surface area contributed by atoms with Gasteiger partial charge in [-0.2, -0.15) is 0 Å². The molecule has 0 N–H and O–H groups in total. The minimum Gasteiger partial charge on any atom is -0.491 e. The predicted octanol–water partition coefficient (Wildman–Crippen LogP) is 4.32. The van der Waals surface area contributed by atoms with Crippen LogP contribution in [0.2, 0.25) is 0 Å². The van der Waals surface area contributed by atoms with Gasteiger partial charge in [0.1, 0.15) is 5.75 Å². The molecule has 0 unspecified atom stereocenters. The van der Waals surface area contributed by atoms with Gasteiger partial charge in [0, 0.05) is 24.7 Å². The summed E-state index contributed by atoms with van der Waals surface area (Å²) in [6.07, 6.45) is 2.55. The van der Waals surface area contributed by atoms with Crippen LogP contribution < -0.4 is 4.74 Å². The third-order valence-electron chi connectivity index (χ3n) is 5.45. The summed E-state index contributed by atoms with van der Waals surface area (Å²) in [6.45, 7) is 6.57. The van der Waals surface area contributed by atoms with Crippen LogP contribution in [-0.4, -0.2) is 43.2 Å². The van der Waals surface area contributed by atoms with Crippen LogP contribution in [0.25, 0.3) is 10.9 Å². The van der Waals surface area contributed by atoms with Gasteiger partial charge in [-0.05, 0) is 62.6 Å². The smallest absolute Gasteiger partial charge is 0.180 e. The molecule has 0 saturated carbocycles. The van der Waals surface area contributed by atoms with Gasteiger partial charge in [0.15, 0.2) is 9.84 Å². The monoisotopic (exact) mass is 424 g/mol. The topological polar surface area (TPSA) is 59.5 Å². The zero-order valence-electron chi connectivity index (χ0n) is 17.5. The van der Waals surface area contributed by atoms with Crippen molar-refractivity contribution in [1.29, 1.82) is 0 Å². The number of benzene rings is 2.